The lowest BCUT2D eigenvalue weighted by Crippen LogP contribution is -2.45. The molecular weight excluding hydrogens is 230 g/mol. The van der Waals surface area contributed by atoms with Gasteiger partial charge in [0.15, 0.2) is 0 Å². The molecule has 0 aromatic heterocycles. The molecule has 4 N–H and O–H groups in total. The van der Waals surface area contributed by atoms with E-state index in [9.17, 15) is 9.59 Å². The Morgan fingerprint density at radius 1 is 1.22 bits per heavy atom. The Morgan fingerprint density at radius 2 is 1.89 bits per heavy atom. The van der Waals surface area contributed by atoms with Crippen LogP contribution in [-0.4, -0.2) is 30.4 Å². The van der Waals surface area contributed by atoms with Crippen LogP contribution in [0.25, 0.3) is 0 Å². The Morgan fingerprint density at radius 3 is 2.50 bits per heavy atom. The van der Waals surface area contributed by atoms with Gasteiger partial charge in [-0.2, -0.15) is 0 Å². The molecule has 0 aliphatic heterocycles. The molecule has 0 bridgehead atoms. The molecule has 0 aromatic rings. The van der Waals surface area contributed by atoms with E-state index in [4.69, 9.17) is 5.73 Å². The number of hydrogen-bond acceptors (Lipinski definition) is 3. The number of carbonyl (C=O) groups is 2. The number of rotatable bonds is 9. The maximum Gasteiger partial charge on any atom is 0.242 e. The third-order valence-corrected chi connectivity index (χ3v) is 3.05. The van der Waals surface area contributed by atoms with Gasteiger partial charge >= 0.3 is 0 Å². The monoisotopic (exact) mass is 255 g/mol. The average molecular weight is 255 g/mol. The van der Waals surface area contributed by atoms with Crippen LogP contribution < -0.4 is 16.4 Å². The summed E-state index contributed by atoms with van der Waals surface area (Å²) in [6.07, 6.45) is 6.59. The molecule has 1 saturated carbocycles. The minimum absolute atomic E-state index is 0.0406. The fourth-order valence-corrected chi connectivity index (χ4v) is 1.72. The molecule has 1 aliphatic carbocycles. The van der Waals surface area contributed by atoms with Crippen molar-refractivity contribution < 1.29 is 9.59 Å². The molecule has 0 spiro atoms. The third kappa shape index (κ3) is 6.59. The van der Waals surface area contributed by atoms with Crippen LogP contribution in [-0.2, 0) is 9.59 Å². The van der Waals surface area contributed by atoms with Crippen LogP contribution in [0.15, 0.2) is 0 Å². The predicted molar refractivity (Wildman–Crippen MR) is 70.9 cm³/mol. The van der Waals surface area contributed by atoms with Gasteiger partial charge in [0, 0.05) is 12.5 Å². The predicted octanol–water partition coefficient (Wildman–Crippen LogP) is 0.679. The third-order valence-electron chi connectivity index (χ3n) is 3.05. The Hall–Kier alpha value is -1.10. The lowest BCUT2D eigenvalue weighted by molar-refractivity contribution is -0.128. The standard InChI is InChI=1S/C13H25N3O2/c1-10(13(18)16-11-7-8-11)15-12(17)6-4-2-3-5-9-14/h10-11H,2-9,14H2,1H3,(H,15,17)(H,16,18). The van der Waals surface area contributed by atoms with Crippen molar-refractivity contribution in [2.75, 3.05) is 6.54 Å². The largest absolute Gasteiger partial charge is 0.352 e. The first-order valence-corrected chi connectivity index (χ1v) is 6.93. The van der Waals surface area contributed by atoms with E-state index in [-0.39, 0.29) is 11.8 Å². The smallest absolute Gasteiger partial charge is 0.242 e. The van der Waals surface area contributed by atoms with Gasteiger partial charge in [-0.25, -0.2) is 0 Å². The maximum atomic E-state index is 11.6. The van der Waals surface area contributed by atoms with E-state index < -0.39 is 6.04 Å². The molecule has 2 amide bonds. The van der Waals surface area contributed by atoms with Crippen LogP contribution in [0.5, 0.6) is 0 Å². The number of nitrogens with one attached hydrogen (secondary N) is 2. The minimum atomic E-state index is -0.429. The van der Waals surface area contributed by atoms with Crippen LogP contribution in [0.2, 0.25) is 0 Å². The van der Waals surface area contributed by atoms with Crippen molar-refractivity contribution in [2.45, 2.75) is 64.0 Å². The molecule has 5 nitrogen and oxygen atoms in total. The van der Waals surface area contributed by atoms with Gasteiger partial charge in [-0.05, 0) is 39.2 Å². The lowest BCUT2D eigenvalue weighted by atomic mass is 10.1. The molecule has 104 valence electrons. The first-order valence-electron chi connectivity index (χ1n) is 6.93. The second-order valence-corrected chi connectivity index (χ2v) is 5.02. The molecule has 1 atom stereocenters. The van der Waals surface area contributed by atoms with E-state index in [1.165, 1.54) is 0 Å². The van der Waals surface area contributed by atoms with Gasteiger partial charge in [0.25, 0.3) is 0 Å². The Kier molecular flexibility index (Phi) is 6.72. The van der Waals surface area contributed by atoms with Crippen molar-refractivity contribution in [3.8, 4) is 0 Å². The highest BCUT2D eigenvalue weighted by molar-refractivity contribution is 5.87. The number of hydrogen-bond donors (Lipinski definition) is 3. The zero-order chi connectivity index (χ0) is 13.4. The van der Waals surface area contributed by atoms with Crippen molar-refractivity contribution in [2.24, 2.45) is 5.73 Å². The average Bonchev–Trinajstić information content (AvgIpc) is 3.12. The summed E-state index contributed by atoms with van der Waals surface area (Å²) in [4.78, 5) is 23.2. The second kappa shape index (κ2) is 8.08. The van der Waals surface area contributed by atoms with Crippen molar-refractivity contribution in [3.05, 3.63) is 0 Å². The van der Waals surface area contributed by atoms with E-state index in [2.05, 4.69) is 10.6 Å². The molecule has 1 rings (SSSR count). The van der Waals surface area contributed by atoms with Crippen molar-refractivity contribution in [3.63, 3.8) is 0 Å². The van der Waals surface area contributed by atoms with E-state index >= 15 is 0 Å². The second-order valence-electron chi connectivity index (χ2n) is 5.02. The summed E-state index contributed by atoms with van der Waals surface area (Å²) in [6.45, 7) is 2.44. The SMILES string of the molecule is CC(NC(=O)CCCCCCN)C(=O)NC1CC1. The number of carbonyl (C=O) groups excluding carboxylic acids is 2. The number of unbranched alkanes of at least 4 members (excludes halogenated alkanes) is 3. The highest BCUT2D eigenvalue weighted by Crippen LogP contribution is 2.18. The molecule has 0 radical (unpaired) electrons. The normalized spacial score (nSPS) is 16.1. The quantitative estimate of drug-likeness (QED) is 0.530. The Labute approximate surface area is 109 Å². The van der Waals surface area contributed by atoms with Gasteiger partial charge < -0.3 is 16.4 Å². The van der Waals surface area contributed by atoms with Crippen LogP contribution >= 0.6 is 0 Å². The van der Waals surface area contributed by atoms with Crippen LogP contribution in [0.3, 0.4) is 0 Å². The van der Waals surface area contributed by atoms with Crippen molar-refractivity contribution in [1.29, 1.82) is 0 Å². The Bertz CT molecular complexity index is 277. The molecule has 5 heteroatoms. The van der Waals surface area contributed by atoms with Gasteiger partial charge in [-0.1, -0.05) is 12.8 Å². The molecule has 1 unspecified atom stereocenters. The van der Waals surface area contributed by atoms with E-state index in [1.807, 2.05) is 0 Å². The first-order chi connectivity index (χ1) is 8.63. The summed E-state index contributed by atoms with van der Waals surface area (Å²) in [5, 5.41) is 5.60. The fourth-order valence-electron chi connectivity index (χ4n) is 1.72. The zero-order valence-corrected chi connectivity index (χ0v) is 11.2. The molecule has 0 heterocycles. The summed E-state index contributed by atoms with van der Waals surface area (Å²) in [5.41, 5.74) is 5.39. The van der Waals surface area contributed by atoms with Gasteiger partial charge in [0.05, 0.1) is 0 Å². The highest BCUT2D eigenvalue weighted by atomic mass is 16.2. The lowest BCUT2D eigenvalue weighted by Gasteiger charge is -2.13. The first kappa shape index (κ1) is 15.0. The molecule has 0 saturated heterocycles. The topological polar surface area (TPSA) is 84.2 Å². The maximum absolute atomic E-state index is 11.6. The highest BCUT2D eigenvalue weighted by Gasteiger charge is 2.25. The van der Waals surface area contributed by atoms with Crippen molar-refractivity contribution in [1.82, 2.24) is 10.6 Å². The molecule has 1 aliphatic rings. The fraction of sp³-hybridized carbons (Fsp3) is 0.846. The zero-order valence-electron chi connectivity index (χ0n) is 11.2. The molecule has 1 fully saturated rings. The summed E-state index contributed by atoms with van der Waals surface area (Å²) >= 11 is 0. The van der Waals surface area contributed by atoms with E-state index in [0.717, 1.165) is 38.5 Å². The van der Waals surface area contributed by atoms with Gasteiger partial charge in [-0.15, -0.1) is 0 Å². The van der Waals surface area contributed by atoms with E-state index in [0.29, 0.717) is 19.0 Å². The van der Waals surface area contributed by atoms with Crippen LogP contribution in [0, 0.1) is 0 Å². The van der Waals surface area contributed by atoms with Crippen LogP contribution in [0.4, 0.5) is 0 Å². The number of amides is 2. The molecule has 18 heavy (non-hydrogen) atoms. The van der Waals surface area contributed by atoms with Gasteiger partial charge in [0.2, 0.25) is 11.8 Å². The van der Waals surface area contributed by atoms with Gasteiger partial charge in [0.1, 0.15) is 6.04 Å². The minimum Gasteiger partial charge on any atom is -0.352 e. The molecule has 0 aromatic carbocycles. The summed E-state index contributed by atoms with van der Waals surface area (Å²) in [5.74, 6) is -0.116. The summed E-state index contributed by atoms with van der Waals surface area (Å²) in [7, 11) is 0. The van der Waals surface area contributed by atoms with E-state index in [1.54, 1.807) is 6.92 Å². The Balaban J connectivity index is 2.04. The number of nitrogens with two attached hydrogens (primary N) is 1. The van der Waals surface area contributed by atoms with Gasteiger partial charge in [-0.3, -0.25) is 9.59 Å². The summed E-state index contributed by atoms with van der Waals surface area (Å²) in [6, 6.07) is -0.0877. The molecular formula is C13H25N3O2. The summed E-state index contributed by atoms with van der Waals surface area (Å²) < 4.78 is 0. The van der Waals surface area contributed by atoms with Crippen molar-refractivity contribution >= 4 is 11.8 Å². The van der Waals surface area contributed by atoms with Crippen LogP contribution in [0.1, 0.15) is 51.9 Å².